The minimum Gasteiger partial charge on any atom is -0.396 e. The molecule has 5 heteroatoms. The van der Waals surface area contributed by atoms with Crippen LogP contribution in [0.2, 0.25) is 5.02 Å². The van der Waals surface area contributed by atoms with Gasteiger partial charge in [0, 0.05) is 61.6 Å². The first-order valence-corrected chi connectivity index (χ1v) is 8.95. The van der Waals surface area contributed by atoms with Crippen molar-refractivity contribution in [1.82, 2.24) is 10.2 Å². The lowest BCUT2D eigenvalue weighted by atomic mass is 10.0. The minimum absolute atomic E-state index is 0.212. The number of aliphatic hydroxyl groups excluding tert-OH is 1. The first kappa shape index (κ1) is 18.5. The third kappa shape index (κ3) is 5.08. The van der Waals surface area contributed by atoms with Gasteiger partial charge in [-0.2, -0.15) is 0 Å². The molecule has 1 aromatic carbocycles. The van der Waals surface area contributed by atoms with E-state index >= 15 is 0 Å². The van der Waals surface area contributed by atoms with Crippen LogP contribution in [0.4, 0.5) is 5.69 Å². The summed E-state index contributed by atoms with van der Waals surface area (Å²) in [6.07, 6.45) is 0.770. The second-order valence-corrected chi connectivity index (χ2v) is 7.18. The molecule has 1 heterocycles. The monoisotopic (exact) mass is 339 g/mol. The molecule has 0 bridgehead atoms. The number of benzene rings is 1. The second kappa shape index (κ2) is 8.88. The molecule has 0 amide bonds. The Morgan fingerprint density at radius 3 is 2.52 bits per heavy atom. The molecular weight excluding hydrogens is 310 g/mol. The van der Waals surface area contributed by atoms with Crippen molar-refractivity contribution in [2.45, 2.75) is 32.9 Å². The summed E-state index contributed by atoms with van der Waals surface area (Å²) in [4.78, 5) is 4.79. The van der Waals surface area contributed by atoms with Gasteiger partial charge < -0.3 is 20.2 Å². The molecule has 2 rings (SSSR count). The first-order chi connectivity index (χ1) is 11.0. The predicted octanol–water partition coefficient (Wildman–Crippen LogP) is 2.59. The largest absolute Gasteiger partial charge is 0.396 e. The Morgan fingerprint density at radius 1 is 1.22 bits per heavy atom. The highest BCUT2D eigenvalue weighted by Gasteiger charge is 2.19. The number of piperazine rings is 1. The van der Waals surface area contributed by atoms with E-state index in [0.717, 1.165) is 44.2 Å². The number of nitrogens with one attached hydrogen (secondary N) is 1. The number of nitrogens with zero attached hydrogens (tertiary/aromatic N) is 2. The Hall–Kier alpha value is -0.810. The average molecular weight is 340 g/mol. The van der Waals surface area contributed by atoms with Gasteiger partial charge in [-0.05, 0) is 31.5 Å². The van der Waals surface area contributed by atoms with Crippen LogP contribution in [0.5, 0.6) is 0 Å². The maximum atomic E-state index is 9.24. The molecule has 1 aromatic rings. The lowest BCUT2D eigenvalue weighted by molar-refractivity contribution is 0.244. The van der Waals surface area contributed by atoms with Gasteiger partial charge >= 0.3 is 0 Å². The molecule has 0 saturated carbocycles. The Labute approximate surface area is 145 Å². The highest BCUT2D eigenvalue weighted by Crippen LogP contribution is 2.28. The van der Waals surface area contributed by atoms with Gasteiger partial charge in [0.2, 0.25) is 0 Å². The van der Waals surface area contributed by atoms with Crippen LogP contribution in [0, 0.1) is 5.92 Å². The number of hydrogen-bond acceptors (Lipinski definition) is 4. The van der Waals surface area contributed by atoms with Crippen LogP contribution in [0.1, 0.15) is 25.8 Å². The average Bonchev–Trinajstić information content (AvgIpc) is 2.53. The maximum Gasteiger partial charge on any atom is 0.0471 e. The van der Waals surface area contributed by atoms with Crippen LogP contribution in [-0.4, -0.2) is 55.9 Å². The molecule has 0 radical (unpaired) electrons. The van der Waals surface area contributed by atoms with Crippen molar-refractivity contribution in [2.24, 2.45) is 5.92 Å². The van der Waals surface area contributed by atoms with Gasteiger partial charge in [-0.15, -0.1) is 0 Å². The molecule has 23 heavy (non-hydrogen) atoms. The normalized spacial score (nSPS) is 17.7. The van der Waals surface area contributed by atoms with Crippen molar-refractivity contribution in [3.05, 3.63) is 28.8 Å². The molecular formula is C18H30ClN3O. The van der Waals surface area contributed by atoms with E-state index < -0.39 is 0 Å². The second-order valence-electron chi connectivity index (χ2n) is 6.77. The maximum absolute atomic E-state index is 9.24. The summed E-state index contributed by atoms with van der Waals surface area (Å²) in [5, 5.41) is 13.6. The fourth-order valence-corrected chi connectivity index (χ4v) is 3.35. The molecule has 130 valence electrons. The topological polar surface area (TPSA) is 38.7 Å². The van der Waals surface area contributed by atoms with Crippen LogP contribution >= 0.6 is 11.6 Å². The SMILES string of the molecule is CC(C)C(CCO)NCc1c(Cl)cccc1N1CCN(C)CC1. The van der Waals surface area contributed by atoms with E-state index in [0.29, 0.717) is 12.0 Å². The van der Waals surface area contributed by atoms with Crippen LogP contribution in [-0.2, 0) is 6.54 Å². The van der Waals surface area contributed by atoms with Crippen molar-refractivity contribution in [2.75, 3.05) is 44.7 Å². The summed E-state index contributed by atoms with van der Waals surface area (Å²) in [5.41, 5.74) is 2.41. The van der Waals surface area contributed by atoms with Crippen LogP contribution < -0.4 is 10.2 Å². The van der Waals surface area contributed by atoms with Crippen molar-refractivity contribution in [3.8, 4) is 0 Å². The van der Waals surface area contributed by atoms with Crippen LogP contribution in [0.3, 0.4) is 0 Å². The lowest BCUT2D eigenvalue weighted by Gasteiger charge is -2.35. The van der Waals surface area contributed by atoms with Crippen LogP contribution in [0.15, 0.2) is 18.2 Å². The third-order valence-corrected chi connectivity index (χ3v) is 5.08. The summed E-state index contributed by atoms with van der Waals surface area (Å²) >= 11 is 6.49. The Bertz CT molecular complexity index is 487. The van der Waals surface area contributed by atoms with Gasteiger partial charge in [0.1, 0.15) is 0 Å². The van der Waals surface area contributed by atoms with E-state index in [1.165, 1.54) is 11.3 Å². The van der Waals surface area contributed by atoms with Gasteiger partial charge in [0.15, 0.2) is 0 Å². The zero-order valence-corrected chi connectivity index (χ0v) is 15.3. The fourth-order valence-electron chi connectivity index (χ4n) is 3.11. The highest BCUT2D eigenvalue weighted by atomic mass is 35.5. The Kier molecular flexibility index (Phi) is 7.15. The summed E-state index contributed by atoms with van der Waals surface area (Å²) in [7, 11) is 2.17. The highest BCUT2D eigenvalue weighted by molar-refractivity contribution is 6.31. The molecule has 1 saturated heterocycles. The Balaban J connectivity index is 2.11. The molecule has 1 aliphatic heterocycles. The molecule has 1 unspecified atom stereocenters. The van der Waals surface area contributed by atoms with Crippen LogP contribution in [0.25, 0.3) is 0 Å². The predicted molar refractivity (Wildman–Crippen MR) is 98.3 cm³/mol. The molecule has 1 atom stereocenters. The van der Waals surface area contributed by atoms with Crippen molar-refractivity contribution in [1.29, 1.82) is 0 Å². The van der Waals surface area contributed by atoms with Gasteiger partial charge in [-0.1, -0.05) is 31.5 Å². The van der Waals surface area contributed by atoms with Crippen molar-refractivity contribution < 1.29 is 5.11 Å². The number of hydrogen-bond donors (Lipinski definition) is 2. The zero-order valence-electron chi connectivity index (χ0n) is 14.6. The Morgan fingerprint density at radius 2 is 1.91 bits per heavy atom. The third-order valence-electron chi connectivity index (χ3n) is 4.72. The number of aliphatic hydroxyl groups is 1. The van der Waals surface area contributed by atoms with Gasteiger partial charge in [-0.3, -0.25) is 0 Å². The smallest absolute Gasteiger partial charge is 0.0471 e. The van der Waals surface area contributed by atoms with E-state index in [4.69, 9.17) is 11.6 Å². The zero-order chi connectivity index (χ0) is 16.8. The molecule has 1 fully saturated rings. The summed E-state index contributed by atoms with van der Waals surface area (Å²) in [6.45, 7) is 9.55. The van der Waals surface area contributed by atoms with E-state index in [1.54, 1.807) is 0 Å². The summed E-state index contributed by atoms with van der Waals surface area (Å²) < 4.78 is 0. The number of likely N-dealkylation sites (N-methyl/N-ethyl adjacent to an activating group) is 1. The number of anilines is 1. The molecule has 1 aliphatic rings. The standard InChI is InChI=1S/C18H30ClN3O/c1-14(2)17(7-12-23)20-13-15-16(19)5-4-6-18(15)22-10-8-21(3)9-11-22/h4-6,14,17,20,23H,7-13H2,1-3H3. The minimum atomic E-state index is 0.212. The van der Waals surface area contributed by atoms with Crippen molar-refractivity contribution in [3.63, 3.8) is 0 Å². The van der Waals surface area contributed by atoms with Gasteiger partial charge in [-0.25, -0.2) is 0 Å². The quantitative estimate of drug-likeness (QED) is 0.801. The van der Waals surface area contributed by atoms with E-state index in [-0.39, 0.29) is 6.61 Å². The first-order valence-electron chi connectivity index (χ1n) is 8.58. The molecule has 0 aromatic heterocycles. The number of halogens is 1. The summed E-state index contributed by atoms with van der Waals surface area (Å²) in [5.74, 6) is 0.483. The van der Waals surface area contributed by atoms with Gasteiger partial charge in [0.05, 0.1) is 0 Å². The molecule has 0 spiro atoms. The summed E-state index contributed by atoms with van der Waals surface area (Å²) in [6, 6.07) is 6.48. The fraction of sp³-hybridized carbons (Fsp3) is 0.667. The van der Waals surface area contributed by atoms with Gasteiger partial charge in [0.25, 0.3) is 0 Å². The molecule has 2 N–H and O–H groups in total. The lowest BCUT2D eigenvalue weighted by Crippen LogP contribution is -2.45. The number of rotatable bonds is 7. The molecule has 4 nitrogen and oxygen atoms in total. The van der Waals surface area contributed by atoms with E-state index in [1.807, 2.05) is 12.1 Å². The van der Waals surface area contributed by atoms with E-state index in [9.17, 15) is 5.11 Å². The van der Waals surface area contributed by atoms with E-state index in [2.05, 4.69) is 42.1 Å². The molecule has 0 aliphatic carbocycles. The van der Waals surface area contributed by atoms with Crippen molar-refractivity contribution >= 4 is 17.3 Å².